The van der Waals surface area contributed by atoms with Crippen LogP contribution in [0.4, 0.5) is 13.2 Å². The van der Waals surface area contributed by atoms with Crippen LogP contribution in [0.25, 0.3) is 0 Å². The average molecular weight is 439 g/mol. The number of piperidine rings is 1. The van der Waals surface area contributed by atoms with E-state index in [1.165, 1.54) is 12.8 Å². The van der Waals surface area contributed by atoms with Crippen molar-refractivity contribution in [3.8, 4) is 0 Å². The van der Waals surface area contributed by atoms with Crippen LogP contribution in [0.15, 0.2) is 24.4 Å². The lowest BCUT2D eigenvalue weighted by molar-refractivity contribution is -0.192. The molecule has 1 saturated heterocycles. The number of carbonyl (C=O) groups is 1. The number of aromatic nitrogens is 3. The highest BCUT2D eigenvalue weighted by Gasteiger charge is 2.38. The summed E-state index contributed by atoms with van der Waals surface area (Å²) in [5, 5.41) is 20.3. The Morgan fingerprint density at radius 1 is 1.36 bits per heavy atom. The largest absolute Gasteiger partial charge is 0.490 e. The maximum atomic E-state index is 10.6. The zero-order chi connectivity index (χ0) is 20.9. The Hall–Kier alpha value is -1.84. The van der Waals surface area contributed by atoms with E-state index >= 15 is 0 Å². The zero-order valence-corrected chi connectivity index (χ0v) is 16.4. The van der Waals surface area contributed by atoms with Crippen molar-refractivity contribution in [2.24, 2.45) is 0 Å². The van der Waals surface area contributed by atoms with Crippen LogP contribution in [0, 0.1) is 0 Å². The number of carboxylic acid groups (broad SMARTS) is 1. The van der Waals surface area contributed by atoms with Crippen molar-refractivity contribution in [2.45, 2.75) is 37.9 Å². The Kier molecular flexibility index (Phi) is 7.68. The molecule has 2 aromatic rings. The lowest BCUT2D eigenvalue weighted by Gasteiger charge is -2.20. The van der Waals surface area contributed by atoms with E-state index in [0.717, 1.165) is 24.3 Å². The predicted molar refractivity (Wildman–Crippen MR) is 98.8 cm³/mol. The number of aliphatic carboxylic acids is 1. The van der Waals surface area contributed by atoms with Gasteiger partial charge in [-0.25, -0.2) is 9.48 Å². The van der Waals surface area contributed by atoms with Gasteiger partial charge in [0.05, 0.1) is 21.8 Å². The highest BCUT2D eigenvalue weighted by molar-refractivity contribution is 6.42. The molecule has 0 bridgehead atoms. The molecular formula is C17H19Cl2F3N4O2. The molecule has 1 aromatic heterocycles. The first-order valence-electron chi connectivity index (χ1n) is 8.47. The molecule has 1 aliphatic heterocycles. The van der Waals surface area contributed by atoms with Gasteiger partial charge in [-0.15, -0.1) is 5.10 Å². The van der Waals surface area contributed by atoms with Gasteiger partial charge in [0.1, 0.15) is 0 Å². The number of benzene rings is 1. The number of hydrogen-bond acceptors (Lipinski definition) is 4. The molecule has 2 atom stereocenters. The third-order valence-electron chi connectivity index (χ3n) is 4.31. The second-order valence-electron chi connectivity index (χ2n) is 6.32. The first-order chi connectivity index (χ1) is 13.1. The molecule has 11 heteroatoms. The maximum absolute atomic E-state index is 10.6. The van der Waals surface area contributed by atoms with Gasteiger partial charge in [0.2, 0.25) is 0 Å². The standard InChI is InChI=1S/C15H18Cl2N4.C2HF3O2/c1-10(11-4-5-13(16)14(17)7-11)21-9-15(19-20-21)12-3-2-6-18-8-12;3-2(4,5)1(6)7/h4-5,7,9-10,12,18H,2-3,6,8H2,1H3;(H,6,7). The molecule has 0 saturated carbocycles. The highest BCUT2D eigenvalue weighted by atomic mass is 35.5. The number of nitrogens with zero attached hydrogens (tertiary/aromatic N) is 3. The summed E-state index contributed by atoms with van der Waals surface area (Å²) in [6.45, 7) is 4.17. The Labute approximate surface area is 169 Å². The van der Waals surface area contributed by atoms with Gasteiger partial charge >= 0.3 is 12.1 Å². The summed E-state index contributed by atoms with van der Waals surface area (Å²) in [7, 11) is 0. The monoisotopic (exact) mass is 438 g/mol. The molecule has 0 radical (unpaired) electrons. The van der Waals surface area contributed by atoms with Crippen LogP contribution >= 0.6 is 23.2 Å². The van der Waals surface area contributed by atoms with Gasteiger partial charge in [-0.2, -0.15) is 13.2 Å². The van der Waals surface area contributed by atoms with E-state index in [2.05, 4.69) is 22.6 Å². The SMILES string of the molecule is CC(c1ccc(Cl)c(Cl)c1)n1cc(C2CCCNC2)nn1.O=C(O)C(F)(F)F. The van der Waals surface area contributed by atoms with Crippen molar-refractivity contribution < 1.29 is 23.1 Å². The molecule has 2 heterocycles. The summed E-state index contributed by atoms with van der Waals surface area (Å²) in [5.74, 6) is -2.29. The molecule has 1 aliphatic rings. The van der Waals surface area contributed by atoms with Crippen LogP contribution < -0.4 is 5.32 Å². The van der Waals surface area contributed by atoms with Crippen LogP contribution in [0.1, 0.15) is 43.0 Å². The van der Waals surface area contributed by atoms with Crippen molar-refractivity contribution >= 4 is 29.2 Å². The van der Waals surface area contributed by atoms with Crippen molar-refractivity contribution in [1.82, 2.24) is 20.3 Å². The minimum absolute atomic E-state index is 0.0811. The van der Waals surface area contributed by atoms with Crippen LogP contribution in [0.5, 0.6) is 0 Å². The second-order valence-corrected chi connectivity index (χ2v) is 7.13. The summed E-state index contributed by atoms with van der Waals surface area (Å²) < 4.78 is 33.6. The molecule has 1 fully saturated rings. The van der Waals surface area contributed by atoms with Crippen LogP contribution in [0.2, 0.25) is 10.0 Å². The Morgan fingerprint density at radius 3 is 2.57 bits per heavy atom. The van der Waals surface area contributed by atoms with Crippen LogP contribution in [-0.2, 0) is 4.79 Å². The quantitative estimate of drug-likeness (QED) is 0.746. The number of carboxylic acids is 1. The summed E-state index contributed by atoms with van der Waals surface area (Å²) in [4.78, 5) is 8.90. The first kappa shape index (κ1) is 22.4. The van der Waals surface area contributed by atoms with Crippen molar-refractivity contribution in [3.05, 3.63) is 45.7 Å². The molecule has 2 unspecified atom stereocenters. The Balaban J connectivity index is 0.000000345. The number of halogens is 5. The third kappa shape index (κ3) is 6.08. The van der Waals surface area contributed by atoms with E-state index in [-0.39, 0.29) is 6.04 Å². The van der Waals surface area contributed by atoms with Gasteiger partial charge in [-0.3, -0.25) is 0 Å². The van der Waals surface area contributed by atoms with E-state index in [4.69, 9.17) is 33.1 Å². The number of nitrogens with one attached hydrogen (secondary N) is 1. The summed E-state index contributed by atoms with van der Waals surface area (Å²) in [6, 6.07) is 5.76. The smallest absolute Gasteiger partial charge is 0.475 e. The van der Waals surface area contributed by atoms with E-state index in [1.54, 1.807) is 0 Å². The average Bonchev–Trinajstić information content (AvgIpc) is 3.14. The molecule has 28 heavy (non-hydrogen) atoms. The molecule has 0 aliphatic carbocycles. The lowest BCUT2D eigenvalue weighted by atomic mass is 9.97. The molecule has 0 spiro atoms. The zero-order valence-electron chi connectivity index (χ0n) is 14.9. The van der Waals surface area contributed by atoms with Crippen molar-refractivity contribution in [1.29, 1.82) is 0 Å². The minimum atomic E-state index is -5.08. The van der Waals surface area contributed by atoms with Gasteiger partial charge in [0.25, 0.3) is 0 Å². The molecular weight excluding hydrogens is 420 g/mol. The first-order valence-corrected chi connectivity index (χ1v) is 9.22. The van der Waals surface area contributed by atoms with Gasteiger partial charge in [0, 0.05) is 18.7 Å². The fraction of sp³-hybridized carbons (Fsp3) is 0.471. The summed E-state index contributed by atoms with van der Waals surface area (Å²) in [5.41, 5.74) is 2.14. The molecule has 154 valence electrons. The summed E-state index contributed by atoms with van der Waals surface area (Å²) in [6.07, 6.45) is -0.669. The fourth-order valence-electron chi connectivity index (χ4n) is 2.70. The maximum Gasteiger partial charge on any atom is 0.490 e. The Bertz CT molecular complexity index is 808. The fourth-order valence-corrected chi connectivity index (χ4v) is 3.00. The second kappa shape index (κ2) is 9.58. The number of alkyl halides is 3. The van der Waals surface area contributed by atoms with E-state index < -0.39 is 12.1 Å². The number of hydrogen-bond donors (Lipinski definition) is 2. The van der Waals surface area contributed by atoms with Crippen molar-refractivity contribution in [2.75, 3.05) is 13.1 Å². The lowest BCUT2D eigenvalue weighted by Crippen LogP contribution is -2.28. The third-order valence-corrected chi connectivity index (χ3v) is 5.05. The van der Waals surface area contributed by atoms with Crippen LogP contribution in [-0.4, -0.2) is 45.3 Å². The molecule has 2 N–H and O–H groups in total. The normalized spacial score (nSPS) is 18.1. The molecule has 1 aromatic carbocycles. The summed E-state index contributed by atoms with van der Waals surface area (Å²) >= 11 is 12.1. The van der Waals surface area contributed by atoms with Crippen LogP contribution in [0.3, 0.4) is 0 Å². The molecule has 3 rings (SSSR count). The predicted octanol–water partition coefficient (Wildman–Crippen LogP) is 4.29. The van der Waals surface area contributed by atoms with E-state index in [0.29, 0.717) is 16.0 Å². The highest BCUT2D eigenvalue weighted by Crippen LogP contribution is 2.28. The van der Waals surface area contributed by atoms with E-state index in [1.807, 2.05) is 29.1 Å². The van der Waals surface area contributed by atoms with Gasteiger partial charge in [-0.05, 0) is 44.0 Å². The topological polar surface area (TPSA) is 80.0 Å². The van der Waals surface area contributed by atoms with Gasteiger partial charge < -0.3 is 10.4 Å². The van der Waals surface area contributed by atoms with E-state index in [9.17, 15) is 13.2 Å². The van der Waals surface area contributed by atoms with Gasteiger partial charge in [-0.1, -0.05) is 34.5 Å². The minimum Gasteiger partial charge on any atom is -0.475 e. The Morgan fingerprint density at radius 2 is 2.04 bits per heavy atom. The van der Waals surface area contributed by atoms with Gasteiger partial charge in [0.15, 0.2) is 0 Å². The molecule has 6 nitrogen and oxygen atoms in total. The number of rotatable bonds is 3. The van der Waals surface area contributed by atoms with Crippen molar-refractivity contribution in [3.63, 3.8) is 0 Å². The molecule has 0 amide bonds.